The summed E-state index contributed by atoms with van der Waals surface area (Å²) in [5, 5.41) is 4.93. The van der Waals surface area contributed by atoms with Gasteiger partial charge in [0.25, 0.3) is 0 Å². The van der Waals surface area contributed by atoms with Crippen LogP contribution in [0.2, 0.25) is 0 Å². The van der Waals surface area contributed by atoms with Crippen molar-refractivity contribution in [1.29, 1.82) is 0 Å². The molecule has 0 saturated carbocycles. The number of carbonyl (C=O) groups is 1. The van der Waals surface area contributed by atoms with Gasteiger partial charge in [0.2, 0.25) is 5.88 Å². The SMILES string of the molecule is Cc1noc(NC(=O)C(F)(F)C(F)F)c1C. The third-order valence-electron chi connectivity index (χ3n) is 1.96. The molecule has 1 aromatic heterocycles. The predicted molar refractivity (Wildman–Crippen MR) is 45.6 cm³/mol. The molecule has 8 heteroatoms. The highest BCUT2D eigenvalue weighted by Crippen LogP contribution is 2.26. The normalized spacial score (nSPS) is 11.9. The minimum absolute atomic E-state index is 0.304. The van der Waals surface area contributed by atoms with E-state index < -0.39 is 18.3 Å². The molecule has 4 nitrogen and oxygen atoms in total. The fourth-order valence-electron chi connectivity index (χ4n) is 0.817. The molecule has 0 aliphatic carbocycles. The predicted octanol–water partition coefficient (Wildman–Crippen LogP) is 2.13. The summed E-state index contributed by atoms with van der Waals surface area (Å²) in [6.07, 6.45) is -4.07. The van der Waals surface area contributed by atoms with E-state index in [1.54, 1.807) is 5.32 Å². The van der Waals surface area contributed by atoms with Crippen molar-refractivity contribution in [3.63, 3.8) is 0 Å². The molecule has 1 amide bonds. The van der Waals surface area contributed by atoms with E-state index in [9.17, 15) is 22.4 Å². The van der Waals surface area contributed by atoms with E-state index in [0.717, 1.165) is 0 Å². The number of nitrogens with zero attached hydrogens (tertiary/aromatic N) is 1. The molecular formula is C8H8F4N2O2. The second-order valence-electron chi connectivity index (χ2n) is 3.10. The Bertz CT molecular complexity index is 403. The van der Waals surface area contributed by atoms with Crippen LogP contribution in [0.4, 0.5) is 23.4 Å². The average molecular weight is 240 g/mol. The Kier molecular flexibility index (Phi) is 3.20. The van der Waals surface area contributed by atoms with Gasteiger partial charge in [-0.1, -0.05) is 5.16 Å². The molecule has 0 atom stereocenters. The summed E-state index contributed by atoms with van der Waals surface area (Å²) in [6.45, 7) is 2.96. The van der Waals surface area contributed by atoms with Crippen LogP contribution in [0.15, 0.2) is 4.52 Å². The Labute approximate surface area is 87.6 Å². The van der Waals surface area contributed by atoms with E-state index in [1.807, 2.05) is 0 Å². The van der Waals surface area contributed by atoms with Crippen molar-refractivity contribution in [3.05, 3.63) is 11.3 Å². The van der Waals surface area contributed by atoms with Crippen LogP contribution >= 0.6 is 0 Å². The lowest BCUT2D eigenvalue weighted by Gasteiger charge is -2.13. The Hall–Kier alpha value is -1.60. The molecule has 0 radical (unpaired) electrons. The lowest BCUT2D eigenvalue weighted by molar-refractivity contribution is -0.163. The topological polar surface area (TPSA) is 55.1 Å². The summed E-state index contributed by atoms with van der Waals surface area (Å²) in [4.78, 5) is 10.8. The van der Waals surface area contributed by atoms with E-state index >= 15 is 0 Å². The molecule has 0 saturated heterocycles. The van der Waals surface area contributed by atoms with Gasteiger partial charge in [-0.2, -0.15) is 8.78 Å². The molecule has 1 aromatic rings. The molecule has 0 unspecified atom stereocenters. The summed E-state index contributed by atoms with van der Waals surface area (Å²) in [5.41, 5.74) is 0.675. The maximum absolute atomic E-state index is 12.5. The van der Waals surface area contributed by atoms with Crippen LogP contribution in [0.25, 0.3) is 0 Å². The smallest absolute Gasteiger partial charge is 0.338 e. The van der Waals surface area contributed by atoms with Gasteiger partial charge in [-0.25, -0.2) is 8.78 Å². The number of amides is 1. The van der Waals surface area contributed by atoms with E-state index in [4.69, 9.17) is 0 Å². The number of aromatic nitrogens is 1. The van der Waals surface area contributed by atoms with Gasteiger partial charge in [0, 0.05) is 5.56 Å². The van der Waals surface area contributed by atoms with Crippen molar-refractivity contribution in [3.8, 4) is 0 Å². The van der Waals surface area contributed by atoms with Crippen molar-refractivity contribution >= 4 is 11.8 Å². The zero-order valence-corrected chi connectivity index (χ0v) is 8.35. The molecule has 0 bridgehead atoms. The number of rotatable bonds is 3. The number of hydrogen-bond donors (Lipinski definition) is 1. The van der Waals surface area contributed by atoms with Crippen molar-refractivity contribution in [2.75, 3.05) is 5.32 Å². The van der Waals surface area contributed by atoms with Crippen LogP contribution in [0.5, 0.6) is 0 Å². The maximum Gasteiger partial charge on any atom is 0.383 e. The second-order valence-corrected chi connectivity index (χ2v) is 3.10. The summed E-state index contributed by atoms with van der Waals surface area (Å²) >= 11 is 0. The highest BCUT2D eigenvalue weighted by atomic mass is 19.3. The van der Waals surface area contributed by atoms with Gasteiger partial charge in [0.05, 0.1) is 5.69 Å². The van der Waals surface area contributed by atoms with Gasteiger partial charge in [-0.15, -0.1) is 0 Å². The Morgan fingerprint density at radius 2 is 2.00 bits per heavy atom. The first-order chi connectivity index (χ1) is 7.26. The van der Waals surface area contributed by atoms with E-state index in [1.165, 1.54) is 13.8 Å². The van der Waals surface area contributed by atoms with Gasteiger partial charge in [-0.3, -0.25) is 10.1 Å². The minimum Gasteiger partial charge on any atom is -0.338 e. The summed E-state index contributed by atoms with van der Waals surface area (Å²) in [7, 11) is 0. The first kappa shape index (κ1) is 12.5. The summed E-state index contributed by atoms with van der Waals surface area (Å²) in [6, 6.07) is 0. The molecule has 0 aromatic carbocycles. The van der Waals surface area contributed by atoms with Crippen molar-refractivity contribution in [2.45, 2.75) is 26.2 Å². The van der Waals surface area contributed by atoms with Gasteiger partial charge in [0.1, 0.15) is 0 Å². The first-order valence-corrected chi connectivity index (χ1v) is 4.17. The van der Waals surface area contributed by atoms with Gasteiger partial charge < -0.3 is 4.52 Å². The van der Waals surface area contributed by atoms with Gasteiger partial charge in [-0.05, 0) is 13.8 Å². The van der Waals surface area contributed by atoms with Gasteiger partial charge >= 0.3 is 18.3 Å². The first-order valence-electron chi connectivity index (χ1n) is 4.17. The van der Waals surface area contributed by atoms with Crippen molar-refractivity contribution in [1.82, 2.24) is 5.16 Å². The zero-order chi connectivity index (χ0) is 12.5. The number of hydrogen-bond acceptors (Lipinski definition) is 3. The van der Waals surface area contributed by atoms with Crippen LogP contribution in [-0.4, -0.2) is 23.4 Å². The van der Waals surface area contributed by atoms with Crippen LogP contribution in [0.1, 0.15) is 11.3 Å². The number of alkyl halides is 4. The quantitative estimate of drug-likeness (QED) is 0.823. The zero-order valence-electron chi connectivity index (χ0n) is 8.35. The molecule has 1 rings (SSSR count). The Morgan fingerprint density at radius 3 is 2.38 bits per heavy atom. The van der Waals surface area contributed by atoms with E-state index in [0.29, 0.717) is 11.3 Å². The van der Waals surface area contributed by atoms with Crippen LogP contribution < -0.4 is 5.32 Å². The van der Waals surface area contributed by atoms with Gasteiger partial charge in [0.15, 0.2) is 0 Å². The molecule has 0 aliphatic heterocycles. The molecule has 0 spiro atoms. The lowest BCUT2D eigenvalue weighted by atomic mass is 10.2. The number of halogens is 4. The third-order valence-corrected chi connectivity index (χ3v) is 1.96. The average Bonchev–Trinajstić information content (AvgIpc) is 2.49. The number of nitrogens with one attached hydrogen (secondary N) is 1. The number of aryl methyl sites for hydroxylation is 1. The Morgan fingerprint density at radius 1 is 1.44 bits per heavy atom. The van der Waals surface area contributed by atoms with E-state index in [-0.39, 0.29) is 5.88 Å². The van der Waals surface area contributed by atoms with Crippen molar-refractivity contribution in [2.24, 2.45) is 0 Å². The van der Waals surface area contributed by atoms with Crippen LogP contribution in [0.3, 0.4) is 0 Å². The molecule has 0 fully saturated rings. The maximum atomic E-state index is 12.5. The highest BCUT2D eigenvalue weighted by molar-refractivity contribution is 5.95. The number of anilines is 1. The Balaban J connectivity index is 2.83. The monoisotopic (exact) mass is 240 g/mol. The molecule has 16 heavy (non-hydrogen) atoms. The lowest BCUT2D eigenvalue weighted by Crippen LogP contribution is -2.41. The third kappa shape index (κ3) is 2.15. The van der Waals surface area contributed by atoms with Crippen LogP contribution in [-0.2, 0) is 4.79 Å². The van der Waals surface area contributed by atoms with Crippen LogP contribution in [0, 0.1) is 13.8 Å². The fraction of sp³-hybridized carbons (Fsp3) is 0.500. The minimum atomic E-state index is -4.76. The molecule has 1 heterocycles. The fourth-order valence-corrected chi connectivity index (χ4v) is 0.817. The molecule has 90 valence electrons. The largest absolute Gasteiger partial charge is 0.383 e. The number of carbonyl (C=O) groups excluding carboxylic acids is 1. The van der Waals surface area contributed by atoms with E-state index in [2.05, 4.69) is 9.68 Å². The highest BCUT2D eigenvalue weighted by Gasteiger charge is 2.49. The molecule has 1 N–H and O–H groups in total. The molecular weight excluding hydrogens is 232 g/mol. The summed E-state index contributed by atoms with van der Waals surface area (Å²) < 4.78 is 53.2. The molecule has 0 aliphatic rings. The summed E-state index contributed by atoms with van der Waals surface area (Å²) in [5.74, 6) is -7.24. The standard InChI is InChI=1S/C8H8F4N2O2/c1-3-4(2)14-16-5(3)13-7(15)8(11,12)6(9)10/h6H,1-2H3,(H,13,15). The van der Waals surface area contributed by atoms with Crippen molar-refractivity contribution < 1.29 is 26.9 Å². The second kappa shape index (κ2) is 4.11.